The average Bonchev–Trinajstić information content (AvgIpc) is 1.85. The Kier molecular flexibility index (Phi) is 3.76. The molecule has 0 amide bonds. The molecule has 1 heteroatoms. The van der Waals surface area contributed by atoms with Crippen LogP contribution < -0.4 is 0 Å². The van der Waals surface area contributed by atoms with Crippen molar-refractivity contribution in [2.24, 2.45) is 0 Å². The summed E-state index contributed by atoms with van der Waals surface area (Å²) in [6, 6.07) is 0. The summed E-state index contributed by atoms with van der Waals surface area (Å²) in [5, 5.41) is 0. The first-order valence-electron chi connectivity index (χ1n) is 2.89. The van der Waals surface area contributed by atoms with Crippen LogP contribution in [-0.4, -0.2) is 0 Å². The molecule has 0 heterocycles. The molecule has 0 unspecified atom stereocenters. The number of allylic oxidation sites excluding steroid dienone is 4. The quantitative estimate of drug-likeness (QED) is 0.522. The van der Waals surface area contributed by atoms with Crippen LogP contribution in [-0.2, 0) is 32.7 Å². The van der Waals surface area contributed by atoms with E-state index in [4.69, 9.17) is 0 Å². The molecule has 0 atom stereocenters. The average molecular weight is 196 g/mol. The minimum atomic E-state index is 0. The summed E-state index contributed by atoms with van der Waals surface area (Å²) >= 11 is 0. The first kappa shape index (κ1) is 9.45. The van der Waals surface area contributed by atoms with Crippen LogP contribution in [0.2, 0.25) is 0 Å². The van der Waals surface area contributed by atoms with E-state index in [1.165, 1.54) is 16.7 Å². The third kappa shape index (κ3) is 2.27. The summed E-state index contributed by atoms with van der Waals surface area (Å²) in [6.45, 7) is 8.15. The van der Waals surface area contributed by atoms with Crippen LogP contribution in [0.3, 0.4) is 0 Å². The maximum atomic E-state index is 3.87. The Balaban J connectivity index is 0.000000640. The SMILES string of the molecule is [CH2-]C1=C(C)CC(C)=C1.[Y]. The van der Waals surface area contributed by atoms with Crippen molar-refractivity contribution in [3.05, 3.63) is 29.7 Å². The molecule has 1 aliphatic carbocycles. The topological polar surface area (TPSA) is 0 Å². The maximum absolute atomic E-state index is 3.87. The molecule has 0 saturated heterocycles. The van der Waals surface area contributed by atoms with Gasteiger partial charge in [-0.3, -0.25) is 0 Å². The van der Waals surface area contributed by atoms with Gasteiger partial charge < -0.3 is 0 Å². The van der Waals surface area contributed by atoms with Gasteiger partial charge in [-0.25, -0.2) is 0 Å². The number of rotatable bonds is 0. The first-order chi connectivity index (χ1) is 3.70. The second-order valence-corrected chi connectivity index (χ2v) is 2.47. The van der Waals surface area contributed by atoms with E-state index in [1.807, 2.05) is 0 Å². The Morgan fingerprint density at radius 3 is 2.11 bits per heavy atom. The molecule has 1 rings (SSSR count). The van der Waals surface area contributed by atoms with Crippen LogP contribution in [0.15, 0.2) is 22.8 Å². The van der Waals surface area contributed by atoms with Crippen molar-refractivity contribution < 1.29 is 32.7 Å². The fourth-order valence-electron chi connectivity index (χ4n) is 1.00. The van der Waals surface area contributed by atoms with Gasteiger partial charge in [-0.2, -0.15) is 24.1 Å². The Hall–Kier alpha value is 0.454. The Morgan fingerprint density at radius 2 is 2.00 bits per heavy atom. The maximum Gasteiger partial charge on any atom is 0 e. The van der Waals surface area contributed by atoms with Crippen LogP contribution in [0.25, 0.3) is 0 Å². The van der Waals surface area contributed by atoms with Crippen molar-refractivity contribution >= 4 is 0 Å². The van der Waals surface area contributed by atoms with Crippen LogP contribution in [0, 0.1) is 6.92 Å². The summed E-state index contributed by atoms with van der Waals surface area (Å²) in [7, 11) is 0. The molecule has 1 aliphatic rings. The monoisotopic (exact) mass is 196 g/mol. The van der Waals surface area contributed by atoms with Crippen molar-refractivity contribution in [3.63, 3.8) is 0 Å². The van der Waals surface area contributed by atoms with E-state index in [2.05, 4.69) is 26.8 Å². The van der Waals surface area contributed by atoms with Gasteiger partial charge in [0.15, 0.2) is 0 Å². The summed E-state index contributed by atoms with van der Waals surface area (Å²) < 4.78 is 0. The Morgan fingerprint density at radius 1 is 1.44 bits per heavy atom. The molecule has 0 N–H and O–H groups in total. The van der Waals surface area contributed by atoms with E-state index in [9.17, 15) is 0 Å². The van der Waals surface area contributed by atoms with Gasteiger partial charge in [-0.05, 0) is 0 Å². The zero-order chi connectivity index (χ0) is 6.15. The molecule has 1 radical (unpaired) electrons. The summed E-state index contributed by atoms with van der Waals surface area (Å²) in [4.78, 5) is 0. The van der Waals surface area contributed by atoms with E-state index >= 15 is 0 Å². The fourth-order valence-corrected chi connectivity index (χ4v) is 1.00. The minimum absolute atomic E-state index is 0. The molecule has 0 aromatic rings. The van der Waals surface area contributed by atoms with Gasteiger partial charge in [-0.1, -0.05) is 20.3 Å². The molecule has 9 heavy (non-hydrogen) atoms. The largest absolute Gasteiger partial charge is 0.199 e. The van der Waals surface area contributed by atoms with Gasteiger partial charge in [0.2, 0.25) is 0 Å². The van der Waals surface area contributed by atoms with Crippen molar-refractivity contribution in [2.45, 2.75) is 20.3 Å². The minimum Gasteiger partial charge on any atom is -0.199 e. The standard InChI is InChI=1S/C8H11.Y/c1-6-4-7(2)8(3)5-6;/h4H,2,5H2,1,3H3;/q-1;. The zero-order valence-corrected chi connectivity index (χ0v) is 8.91. The van der Waals surface area contributed by atoms with Crippen LogP contribution in [0.5, 0.6) is 0 Å². The molecule has 0 fully saturated rings. The normalized spacial score (nSPS) is 17.3. The Bertz CT molecular complexity index is 163. The van der Waals surface area contributed by atoms with E-state index < -0.39 is 0 Å². The summed E-state index contributed by atoms with van der Waals surface area (Å²) in [6.07, 6.45) is 3.29. The molecule has 0 aromatic heterocycles. The molecule has 47 valence electrons. The van der Waals surface area contributed by atoms with Gasteiger partial charge in [0.25, 0.3) is 0 Å². The first-order valence-corrected chi connectivity index (χ1v) is 2.89. The predicted molar refractivity (Wildman–Crippen MR) is 36.4 cm³/mol. The third-order valence-corrected chi connectivity index (χ3v) is 1.51. The van der Waals surface area contributed by atoms with Crippen LogP contribution >= 0.6 is 0 Å². The third-order valence-electron chi connectivity index (χ3n) is 1.51. The van der Waals surface area contributed by atoms with E-state index in [0.717, 1.165) is 6.42 Å². The Labute approximate surface area is 82.3 Å². The smallest absolute Gasteiger partial charge is 0 e. The van der Waals surface area contributed by atoms with Crippen molar-refractivity contribution in [1.82, 2.24) is 0 Å². The van der Waals surface area contributed by atoms with Gasteiger partial charge in [-0.15, -0.1) is 5.57 Å². The van der Waals surface area contributed by atoms with Gasteiger partial charge in [0, 0.05) is 32.7 Å². The summed E-state index contributed by atoms with van der Waals surface area (Å²) in [5.41, 5.74) is 4.07. The van der Waals surface area contributed by atoms with E-state index in [1.54, 1.807) is 0 Å². The zero-order valence-electron chi connectivity index (χ0n) is 6.07. The predicted octanol–water partition coefficient (Wildman–Crippen LogP) is 2.48. The van der Waals surface area contributed by atoms with Crippen LogP contribution in [0.1, 0.15) is 20.3 Å². The number of hydrogen-bond donors (Lipinski definition) is 0. The molecule has 0 aromatic carbocycles. The second-order valence-electron chi connectivity index (χ2n) is 2.47. The molecule has 0 spiro atoms. The number of hydrogen-bond acceptors (Lipinski definition) is 0. The molecule has 0 bridgehead atoms. The molecule has 0 nitrogen and oxygen atoms in total. The molecule has 0 saturated carbocycles. The fraction of sp³-hybridized carbons (Fsp3) is 0.375. The van der Waals surface area contributed by atoms with E-state index in [-0.39, 0.29) is 32.7 Å². The molecular weight excluding hydrogens is 185 g/mol. The molecule has 0 aliphatic heterocycles. The van der Waals surface area contributed by atoms with Gasteiger partial charge in [0.1, 0.15) is 0 Å². The second kappa shape index (κ2) is 3.58. The summed E-state index contributed by atoms with van der Waals surface area (Å²) in [5.74, 6) is 0. The van der Waals surface area contributed by atoms with E-state index in [0.29, 0.717) is 0 Å². The van der Waals surface area contributed by atoms with Crippen molar-refractivity contribution in [2.75, 3.05) is 0 Å². The van der Waals surface area contributed by atoms with Crippen molar-refractivity contribution in [1.29, 1.82) is 0 Å². The molecular formula is C8H11Y-. The van der Waals surface area contributed by atoms with Crippen molar-refractivity contribution in [3.8, 4) is 0 Å². The van der Waals surface area contributed by atoms with Crippen LogP contribution in [0.4, 0.5) is 0 Å². The van der Waals surface area contributed by atoms with Gasteiger partial charge >= 0.3 is 0 Å². The van der Waals surface area contributed by atoms with Gasteiger partial charge in [0.05, 0.1) is 0 Å².